The number of aromatic nitrogens is 1. The van der Waals surface area contributed by atoms with E-state index in [-0.39, 0.29) is 17.1 Å². The summed E-state index contributed by atoms with van der Waals surface area (Å²) < 4.78 is 0. The maximum Gasteiger partial charge on any atom is 0.210 e. The Morgan fingerprint density at radius 3 is 2.82 bits per heavy atom. The fourth-order valence-corrected chi connectivity index (χ4v) is 0.638. The lowest BCUT2D eigenvalue weighted by atomic mass is 10.2. The Hall–Kier alpha value is -1.78. The highest BCUT2D eigenvalue weighted by molar-refractivity contribution is 5.85. The molecule has 0 aromatic carbocycles. The second-order valence-corrected chi connectivity index (χ2v) is 1.78. The molecule has 1 heterocycles. The van der Waals surface area contributed by atoms with Gasteiger partial charge in [-0.25, -0.2) is 4.98 Å². The standard InChI is InChI=1S/C6H4N2O3/c9-3-4-5(10)1-2-7-6(4)8-11/h1-3H,(H,7,10). The highest BCUT2D eigenvalue weighted by atomic mass is 16.3. The number of nitroso groups, excluding NO2 is 1. The van der Waals surface area contributed by atoms with Crippen LogP contribution in [0.15, 0.2) is 17.4 Å². The van der Waals surface area contributed by atoms with Crippen LogP contribution in [-0.4, -0.2) is 16.4 Å². The van der Waals surface area contributed by atoms with Crippen molar-refractivity contribution < 1.29 is 9.90 Å². The minimum Gasteiger partial charge on any atom is -0.507 e. The molecular formula is C6H4N2O3. The molecule has 1 aromatic heterocycles. The molecule has 5 nitrogen and oxygen atoms in total. The molecule has 0 aliphatic rings. The SMILES string of the molecule is O=Cc1c(O)ccnc1N=O. The number of carbonyl (C=O) groups excluding carboxylic acids is 1. The molecule has 1 aromatic rings. The number of hydrogen-bond donors (Lipinski definition) is 1. The molecule has 0 aliphatic carbocycles. The summed E-state index contributed by atoms with van der Waals surface area (Å²) in [4.78, 5) is 23.6. The van der Waals surface area contributed by atoms with Gasteiger partial charge in [-0.1, -0.05) is 0 Å². The van der Waals surface area contributed by atoms with Crippen LogP contribution in [0.5, 0.6) is 5.75 Å². The van der Waals surface area contributed by atoms with E-state index in [1.54, 1.807) is 0 Å². The smallest absolute Gasteiger partial charge is 0.210 e. The lowest BCUT2D eigenvalue weighted by Gasteiger charge is -1.95. The second-order valence-electron chi connectivity index (χ2n) is 1.78. The minimum absolute atomic E-state index is 0.178. The van der Waals surface area contributed by atoms with Crippen molar-refractivity contribution in [2.24, 2.45) is 5.18 Å². The highest BCUT2D eigenvalue weighted by Gasteiger charge is 2.07. The highest BCUT2D eigenvalue weighted by Crippen LogP contribution is 2.22. The van der Waals surface area contributed by atoms with E-state index >= 15 is 0 Å². The van der Waals surface area contributed by atoms with Crippen LogP contribution in [-0.2, 0) is 0 Å². The summed E-state index contributed by atoms with van der Waals surface area (Å²) in [5, 5.41) is 11.4. The van der Waals surface area contributed by atoms with E-state index in [0.29, 0.717) is 6.29 Å². The van der Waals surface area contributed by atoms with Crippen molar-refractivity contribution in [3.05, 3.63) is 22.7 Å². The Balaban J connectivity index is 3.35. The average Bonchev–Trinajstić information content (AvgIpc) is 2.04. The Bertz CT molecular complexity index is 298. The van der Waals surface area contributed by atoms with Crippen LogP contribution in [0.1, 0.15) is 10.4 Å². The molecule has 5 heteroatoms. The number of aldehydes is 1. The fraction of sp³-hybridized carbons (Fsp3) is 0. The zero-order chi connectivity index (χ0) is 8.27. The van der Waals surface area contributed by atoms with E-state index in [2.05, 4.69) is 10.2 Å². The molecule has 1 rings (SSSR count). The first-order chi connectivity index (χ1) is 5.29. The number of carbonyl (C=O) groups is 1. The Morgan fingerprint density at radius 1 is 1.64 bits per heavy atom. The molecule has 0 saturated heterocycles. The topological polar surface area (TPSA) is 79.6 Å². The van der Waals surface area contributed by atoms with Crippen LogP contribution in [0.2, 0.25) is 0 Å². The monoisotopic (exact) mass is 152 g/mol. The molecule has 0 atom stereocenters. The van der Waals surface area contributed by atoms with Gasteiger partial charge >= 0.3 is 0 Å². The van der Waals surface area contributed by atoms with Gasteiger partial charge in [0.25, 0.3) is 0 Å². The van der Waals surface area contributed by atoms with Crippen molar-refractivity contribution in [2.45, 2.75) is 0 Å². The molecule has 0 bridgehead atoms. The number of pyridine rings is 1. The lowest BCUT2D eigenvalue weighted by molar-refractivity contribution is 0.112. The van der Waals surface area contributed by atoms with Crippen molar-refractivity contribution in [1.82, 2.24) is 4.98 Å². The summed E-state index contributed by atoms with van der Waals surface area (Å²) in [7, 11) is 0. The number of aromatic hydroxyl groups is 1. The third kappa shape index (κ3) is 1.21. The maximum absolute atomic E-state index is 10.2. The normalized spacial score (nSPS) is 9.09. The molecule has 0 unspecified atom stereocenters. The first-order valence-electron chi connectivity index (χ1n) is 2.76. The Morgan fingerprint density at radius 2 is 2.36 bits per heavy atom. The quantitative estimate of drug-likeness (QED) is 0.506. The summed E-state index contributed by atoms with van der Waals surface area (Å²) in [6.07, 6.45) is 1.53. The van der Waals surface area contributed by atoms with Gasteiger partial charge in [0.2, 0.25) is 5.82 Å². The average molecular weight is 152 g/mol. The van der Waals surface area contributed by atoms with Crippen molar-refractivity contribution in [3.63, 3.8) is 0 Å². The third-order valence-electron chi connectivity index (χ3n) is 1.15. The third-order valence-corrected chi connectivity index (χ3v) is 1.15. The molecule has 0 fully saturated rings. The summed E-state index contributed by atoms with van der Waals surface area (Å²) in [6.45, 7) is 0. The van der Waals surface area contributed by atoms with E-state index in [9.17, 15) is 9.70 Å². The van der Waals surface area contributed by atoms with Crippen LogP contribution in [0.3, 0.4) is 0 Å². The predicted molar refractivity (Wildman–Crippen MR) is 36.7 cm³/mol. The van der Waals surface area contributed by atoms with Crippen LogP contribution in [0.25, 0.3) is 0 Å². The molecule has 0 saturated carbocycles. The maximum atomic E-state index is 10.2. The van der Waals surface area contributed by atoms with Gasteiger partial charge < -0.3 is 5.11 Å². The van der Waals surface area contributed by atoms with Crippen molar-refractivity contribution in [1.29, 1.82) is 0 Å². The van der Waals surface area contributed by atoms with Gasteiger partial charge in [-0.05, 0) is 11.2 Å². The van der Waals surface area contributed by atoms with E-state index in [4.69, 9.17) is 5.11 Å². The fourth-order valence-electron chi connectivity index (χ4n) is 0.638. The lowest BCUT2D eigenvalue weighted by Crippen LogP contribution is -1.84. The first-order valence-corrected chi connectivity index (χ1v) is 2.76. The largest absolute Gasteiger partial charge is 0.507 e. The number of rotatable bonds is 2. The number of hydrogen-bond acceptors (Lipinski definition) is 5. The number of nitrogens with zero attached hydrogens (tertiary/aromatic N) is 2. The summed E-state index contributed by atoms with van der Waals surface area (Å²) in [5.74, 6) is -0.579. The molecule has 56 valence electrons. The molecular weight excluding hydrogens is 148 g/mol. The van der Waals surface area contributed by atoms with Gasteiger partial charge in [0.05, 0.1) is 0 Å². The zero-order valence-corrected chi connectivity index (χ0v) is 5.39. The first kappa shape index (κ1) is 7.33. The Labute approximate surface area is 61.7 Å². The van der Waals surface area contributed by atoms with Gasteiger partial charge in [-0.3, -0.25) is 4.79 Å². The van der Waals surface area contributed by atoms with E-state index in [1.807, 2.05) is 0 Å². The zero-order valence-electron chi connectivity index (χ0n) is 5.39. The van der Waals surface area contributed by atoms with Crippen LogP contribution >= 0.6 is 0 Å². The van der Waals surface area contributed by atoms with Crippen LogP contribution in [0.4, 0.5) is 5.82 Å². The second kappa shape index (κ2) is 2.87. The summed E-state index contributed by atoms with van der Waals surface area (Å²) in [5.41, 5.74) is -0.178. The van der Waals surface area contributed by atoms with E-state index in [1.165, 1.54) is 12.3 Å². The van der Waals surface area contributed by atoms with Crippen LogP contribution < -0.4 is 0 Å². The molecule has 0 spiro atoms. The van der Waals surface area contributed by atoms with E-state index < -0.39 is 0 Å². The molecule has 0 radical (unpaired) electrons. The predicted octanol–water partition coefficient (Wildman–Crippen LogP) is 0.998. The van der Waals surface area contributed by atoms with Gasteiger partial charge in [-0.15, -0.1) is 4.91 Å². The minimum atomic E-state index is -0.292. The molecule has 1 N–H and O–H groups in total. The molecule has 0 amide bonds. The van der Waals surface area contributed by atoms with Gasteiger partial charge in [0.1, 0.15) is 11.3 Å². The van der Waals surface area contributed by atoms with Crippen molar-refractivity contribution in [2.75, 3.05) is 0 Å². The van der Waals surface area contributed by atoms with Gasteiger partial charge in [-0.2, -0.15) is 0 Å². The Kier molecular flexibility index (Phi) is 1.91. The summed E-state index contributed by atoms with van der Waals surface area (Å²) >= 11 is 0. The van der Waals surface area contributed by atoms with Gasteiger partial charge in [0, 0.05) is 6.20 Å². The summed E-state index contributed by atoms with van der Waals surface area (Å²) in [6, 6.07) is 1.21. The van der Waals surface area contributed by atoms with Crippen molar-refractivity contribution in [3.8, 4) is 5.75 Å². The molecule has 0 aliphatic heterocycles. The van der Waals surface area contributed by atoms with Gasteiger partial charge in [0.15, 0.2) is 6.29 Å². The van der Waals surface area contributed by atoms with Crippen molar-refractivity contribution >= 4 is 12.1 Å². The van der Waals surface area contributed by atoms with Crippen LogP contribution in [0, 0.1) is 4.91 Å². The van der Waals surface area contributed by atoms with E-state index in [0.717, 1.165) is 0 Å². The molecule has 11 heavy (non-hydrogen) atoms.